The number of carbonyl (C=O) groups excluding carboxylic acids is 2. The van der Waals surface area contributed by atoms with Crippen LogP contribution in [0.1, 0.15) is 52.7 Å². The summed E-state index contributed by atoms with van der Waals surface area (Å²) in [4.78, 5) is 29.7. The minimum Gasteiger partial charge on any atom is -0.443 e. The fraction of sp³-hybridized carbons (Fsp3) is 0.375. The second kappa shape index (κ2) is 10.9. The molecule has 0 unspecified atom stereocenters. The fourth-order valence-electron chi connectivity index (χ4n) is 4.46. The Hall–Kier alpha value is -3.80. The van der Waals surface area contributed by atoms with E-state index in [0.717, 1.165) is 33.6 Å². The van der Waals surface area contributed by atoms with Crippen molar-refractivity contribution in [1.29, 1.82) is 0 Å². The largest absolute Gasteiger partial charge is 0.443 e. The Balaban J connectivity index is 1.59. The number of benzene rings is 2. The molecule has 6 heteroatoms. The molecule has 2 aromatic carbocycles. The molecule has 0 spiro atoms. The topological polar surface area (TPSA) is 59.1 Å². The van der Waals surface area contributed by atoms with Crippen molar-refractivity contribution < 1.29 is 19.1 Å². The highest BCUT2D eigenvalue weighted by Crippen LogP contribution is 2.30. The van der Waals surface area contributed by atoms with E-state index in [0.29, 0.717) is 25.9 Å². The molecule has 0 bridgehead atoms. The smallest absolute Gasteiger partial charge is 0.415 e. The minimum absolute atomic E-state index is 0.369. The maximum Gasteiger partial charge on any atom is 0.415 e. The third-order valence-corrected chi connectivity index (χ3v) is 6.15. The zero-order chi connectivity index (χ0) is 27.5. The van der Waals surface area contributed by atoms with Crippen molar-refractivity contribution in [3.8, 4) is 0 Å². The van der Waals surface area contributed by atoms with Crippen LogP contribution < -0.4 is 9.80 Å². The van der Waals surface area contributed by atoms with Crippen molar-refractivity contribution in [2.24, 2.45) is 0 Å². The predicted molar refractivity (Wildman–Crippen MR) is 153 cm³/mol. The first-order chi connectivity index (χ1) is 17.9. The number of fused-ring (bicyclic) bond motifs is 2. The van der Waals surface area contributed by atoms with E-state index >= 15 is 0 Å². The van der Waals surface area contributed by atoms with Gasteiger partial charge in [-0.1, -0.05) is 60.7 Å². The Bertz CT molecular complexity index is 1190. The molecule has 6 nitrogen and oxygen atoms in total. The van der Waals surface area contributed by atoms with Gasteiger partial charge in [0.25, 0.3) is 0 Å². The van der Waals surface area contributed by atoms with E-state index < -0.39 is 11.2 Å². The Morgan fingerprint density at radius 1 is 0.658 bits per heavy atom. The number of ether oxygens (including phenoxy) is 2. The summed E-state index contributed by atoms with van der Waals surface area (Å²) in [5.41, 5.74) is 4.68. The highest BCUT2D eigenvalue weighted by molar-refractivity contribution is 5.91. The van der Waals surface area contributed by atoms with Gasteiger partial charge in [0.1, 0.15) is 11.2 Å². The lowest BCUT2D eigenvalue weighted by atomic mass is 10.1. The molecule has 2 amide bonds. The number of anilines is 2. The SMILES string of the molecule is CC(C)(C)OC(=O)N1CC(/C=C/C2=CCc3ccccc3N(C(=O)OC(C)(C)C)C2)=CCc2ccccc21. The van der Waals surface area contributed by atoms with Gasteiger partial charge < -0.3 is 9.47 Å². The quantitative estimate of drug-likeness (QED) is 0.419. The highest BCUT2D eigenvalue weighted by Gasteiger charge is 2.28. The first-order valence-corrected chi connectivity index (χ1v) is 13.1. The zero-order valence-corrected chi connectivity index (χ0v) is 23.3. The molecule has 0 N–H and O–H groups in total. The van der Waals surface area contributed by atoms with E-state index in [2.05, 4.69) is 12.2 Å². The summed E-state index contributed by atoms with van der Waals surface area (Å²) in [6, 6.07) is 15.9. The van der Waals surface area contributed by atoms with Gasteiger partial charge in [-0.3, -0.25) is 9.80 Å². The third-order valence-electron chi connectivity index (χ3n) is 6.15. The van der Waals surface area contributed by atoms with Crippen molar-refractivity contribution in [2.75, 3.05) is 22.9 Å². The van der Waals surface area contributed by atoms with Crippen LogP contribution in [0.2, 0.25) is 0 Å². The van der Waals surface area contributed by atoms with Crippen LogP contribution in [0, 0.1) is 0 Å². The molecule has 0 saturated carbocycles. The number of hydrogen-bond donors (Lipinski definition) is 0. The van der Waals surface area contributed by atoms with Crippen molar-refractivity contribution in [3.63, 3.8) is 0 Å². The summed E-state index contributed by atoms with van der Waals surface area (Å²) in [6.45, 7) is 12.0. The van der Waals surface area contributed by atoms with Crippen LogP contribution in [0.3, 0.4) is 0 Å². The van der Waals surface area contributed by atoms with E-state index in [9.17, 15) is 9.59 Å². The number of allylic oxidation sites excluding steroid dienone is 2. The number of nitrogens with zero attached hydrogens (tertiary/aromatic N) is 2. The molecule has 0 aromatic heterocycles. The molecule has 4 rings (SSSR count). The van der Waals surface area contributed by atoms with Crippen LogP contribution >= 0.6 is 0 Å². The van der Waals surface area contributed by atoms with Gasteiger partial charge in [0.05, 0.1) is 24.5 Å². The normalized spacial score (nSPS) is 16.1. The van der Waals surface area contributed by atoms with Crippen LogP contribution in [-0.2, 0) is 22.3 Å². The van der Waals surface area contributed by atoms with Crippen LogP contribution in [0.15, 0.2) is 84.0 Å². The summed E-state index contributed by atoms with van der Waals surface area (Å²) < 4.78 is 11.5. The van der Waals surface area contributed by atoms with Gasteiger partial charge in [-0.25, -0.2) is 9.59 Å². The summed E-state index contributed by atoms with van der Waals surface area (Å²) in [6.07, 6.45) is 9.07. The Morgan fingerprint density at radius 2 is 1.03 bits per heavy atom. The molecule has 200 valence electrons. The molecular formula is C32H38N2O4. The third kappa shape index (κ3) is 6.94. The lowest BCUT2D eigenvalue weighted by molar-refractivity contribution is 0.0572. The molecule has 2 aliphatic rings. The molecule has 0 radical (unpaired) electrons. The predicted octanol–water partition coefficient (Wildman–Crippen LogP) is 7.39. The molecule has 2 aromatic rings. The van der Waals surface area contributed by atoms with Gasteiger partial charge in [0.2, 0.25) is 0 Å². The number of rotatable bonds is 2. The maximum atomic E-state index is 13.2. The minimum atomic E-state index is -0.594. The van der Waals surface area contributed by atoms with Gasteiger partial charge in [-0.15, -0.1) is 0 Å². The first-order valence-electron chi connectivity index (χ1n) is 13.1. The Labute approximate surface area is 226 Å². The standard InChI is InChI=1S/C32H38N2O4/c1-31(2,3)37-29(35)33-21-23(17-19-25-11-7-9-13-27(25)33)15-16-24-18-20-26-12-8-10-14-28(26)34(22-24)30(36)38-32(4,5)6/h7-18H,19-22H2,1-6H3/b16-15+. The monoisotopic (exact) mass is 514 g/mol. The number of amides is 2. The average Bonchev–Trinajstić information content (AvgIpc) is 3.13. The van der Waals surface area contributed by atoms with Crippen LogP contribution in [0.4, 0.5) is 21.0 Å². The van der Waals surface area contributed by atoms with Crippen LogP contribution in [-0.4, -0.2) is 36.5 Å². The van der Waals surface area contributed by atoms with E-state index in [4.69, 9.17) is 9.47 Å². The van der Waals surface area contributed by atoms with Gasteiger partial charge >= 0.3 is 12.2 Å². The molecule has 0 fully saturated rings. The van der Waals surface area contributed by atoms with Crippen molar-refractivity contribution >= 4 is 23.6 Å². The number of hydrogen-bond acceptors (Lipinski definition) is 4. The van der Waals surface area contributed by atoms with E-state index in [-0.39, 0.29) is 12.2 Å². The second-order valence-electron chi connectivity index (χ2n) is 11.7. The van der Waals surface area contributed by atoms with E-state index in [1.807, 2.05) is 102 Å². The second-order valence-corrected chi connectivity index (χ2v) is 11.7. The summed E-state index contributed by atoms with van der Waals surface area (Å²) in [5.74, 6) is 0. The summed E-state index contributed by atoms with van der Waals surface area (Å²) >= 11 is 0. The lowest BCUT2D eigenvalue weighted by Crippen LogP contribution is -2.38. The van der Waals surface area contributed by atoms with Crippen LogP contribution in [0.5, 0.6) is 0 Å². The van der Waals surface area contributed by atoms with E-state index in [1.165, 1.54) is 0 Å². The molecule has 2 heterocycles. The average molecular weight is 515 g/mol. The highest BCUT2D eigenvalue weighted by atomic mass is 16.6. The summed E-state index contributed by atoms with van der Waals surface area (Å²) in [5, 5.41) is 0. The number of para-hydroxylation sites is 2. The van der Waals surface area contributed by atoms with Crippen molar-refractivity contribution in [1.82, 2.24) is 0 Å². The molecule has 2 aliphatic heterocycles. The maximum absolute atomic E-state index is 13.2. The van der Waals surface area contributed by atoms with Crippen molar-refractivity contribution in [2.45, 2.75) is 65.6 Å². The zero-order valence-electron chi connectivity index (χ0n) is 23.3. The lowest BCUT2D eigenvalue weighted by Gasteiger charge is -2.28. The first kappa shape index (κ1) is 27.2. The van der Waals surface area contributed by atoms with Gasteiger partial charge in [-0.05, 0) is 88.8 Å². The summed E-state index contributed by atoms with van der Waals surface area (Å²) in [7, 11) is 0. The fourth-order valence-corrected chi connectivity index (χ4v) is 4.46. The van der Waals surface area contributed by atoms with Crippen LogP contribution in [0.25, 0.3) is 0 Å². The molecule has 0 aliphatic carbocycles. The van der Waals surface area contributed by atoms with Crippen molar-refractivity contribution in [3.05, 3.63) is 95.1 Å². The molecule has 0 atom stereocenters. The molecule has 0 saturated heterocycles. The van der Waals surface area contributed by atoms with Gasteiger partial charge in [-0.2, -0.15) is 0 Å². The molecular weight excluding hydrogens is 476 g/mol. The number of carbonyl (C=O) groups is 2. The van der Waals surface area contributed by atoms with Gasteiger partial charge in [0, 0.05) is 0 Å². The molecule has 38 heavy (non-hydrogen) atoms. The Morgan fingerprint density at radius 3 is 1.39 bits per heavy atom. The van der Waals surface area contributed by atoms with E-state index in [1.54, 1.807) is 9.80 Å². The Kier molecular flexibility index (Phi) is 7.81. The van der Waals surface area contributed by atoms with Gasteiger partial charge in [0.15, 0.2) is 0 Å².